The predicted octanol–water partition coefficient (Wildman–Crippen LogP) is 2.87. The van der Waals surface area contributed by atoms with Gasteiger partial charge in [0.2, 0.25) is 0 Å². The van der Waals surface area contributed by atoms with Gasteiger partial charge in [-0.1, -0.05) is 17.7 Å². The van der Waals surface area contributed by atoms with Gasteiger partial charge < -0.3 is 13.9 Å². The van der Waals surface area contributed by atoms with Crippen molar-refractivity contribution >= 4 is 12.0 Å². The summed E-state index contributed by atoms with van der Waals surface area (Å²) in [6.45, 7) is 6.05. The Morgan fingerprint density at radius 1 is 1.12 bits per heavy atom. The molecular formula is C17H20N2O5. The SMILES string of the molecule is CCOC(=O)NNC(=O)c1ccc(COc2ccc(C)cc2C)o1. The van der Waals surface area contributed by atoms with Gasteiger partial charge in [-0.15, -0.1) is 0 Å². The van der Waals surface area contributed by atoms with Crippen LogP contribution in [0.1, 0.15) is 34.4 Å². The molecule has 2 aromatic rings. The molecule has 2 rings (SSSR count). The van der Waals surface area contributed by atoms with E-state index in [0.29, 0.717) is 5.76 Å². The maximum atomic E-state index is 11.8. The Kier molecular flexibility index (Phi) is 5.83. The molecule has 2 amide bonds. The van der Waals surface area contributed by atoms with Gasteiger partial charge in [-0.2, -0.15) is 0 Å². The normalized spacial score (nSPS) is 10.1. The molecule has 0 radical (unpaired) electrons. The summed E-state index contributed by atoms with van der Waals surface area (Å²) < 4.78 is 15.7. The lowest BCUT2D eigenvalue weighted by Gasteiger charge is -2.08. The molecule has 2 N–H and O–H groups in total. The minimum Gasteiger partial charge on any atom is -0.485 e. The van der Waals surface area contributed by atoms with Crippen LogP contribution in [0.5, 0.6) is 5.75 Å². The first-order chi connectivity index (χ1) is 11.5. The average Bonchev–Trinajstić information content (AvgIpc) is 3.01. The van der Waals surface area contributed by atoms with Crippen LogP contribution in [0, 0.1) is 13.8 Å². The molecule has 7 heteroatoms. The number of hydrazine groups is 1. The summed E-state index contributed by atoms with van der Waals surface area (Å²) in [6.07, 6.45) is -0.740. The number of furan rings is 1. The van der Waals surface area contributed by atoms with Crippen molar-refractivity contribution in [2.24, 2.45) is 0 Å². The molecule has 0 aliphatic rings. The van der Waals surface area contributed by atoms with Crippen molar-refractivity contribution < 1.29 is 23.5 Å². The maximum Gasteiger partial charge on any atom is 0.426 e. The molecule has 24 heavy (non-hydrogen) atoms. The quantitative estimate of drug-likeness (QED) is 0.822. The van der Waals surface area contributed by atoms with Crippen molar-refractivity contribution in [3.05, 3.63) is 53.0 Å². The zero-order valence-corrected chi connectivity index (χ0v) is 13.8. The topological polar surface area (TPSA) is 89.8 Å². The monoisotopic (exact) mass is 332 g/mol. The van der Waals surface area contributed by atoms with E-state index in [0.717, 1.165) is 16.9 Å². The number of amides is 2. The zero-order chi connectivity index (χ0) is 17.5. The molecule has 0 unspecified atom stereocenters. The van der Waals surface area contributed by atoms with Crippen LogP contribution in [0.3, 0.4) is 0 Å². The van der Waals surface area contributed by atoms with Crippen LogP contribution in [0.2, 0.25) is 0 Å². The third-order valence-corrected chi connectivity index (χ3v) is 3.14. The summed E-state index contributed by atoms with van der Waals surface area (Å²) in [5, 5.41) is 0. The molecule has 0 bridgehead atoms. The van der Waals surface area contributed by atoms with Gasteiger partial charge in [0.15, 0.2) is 5.76 Å². The highest BCUT2D eigenvalue weighted by molar-refractivity contribution is 5.92. The number of hydrogen-bond acceptors (Lipinski definition) is 5. The van der Waals surface area contributed by atoms with Gasteiger partial charge in [0.1, 0.15) is 18.1 Å². The Morgan fingerprint density at radius 2 is 1.92 bits per heavy atom. The molecule has 7 nitrogen and oxygen atoms in total. The minimum absolute atomic E-state index is 0.0611. The predicted molar refractivity (Wildman–Crippen MR) is 86.6 cm³/mol. The lowest BCUT2D eigenvalue weighted by Crippen LogP contribution is -2.41. The van der Waals surface area contributed by atoms with E-state index in [-0.39, 0.29) is 19.0 Å². The minimum atomic E-state index is -0.740. The second kappa shape index (κ2) is 8.05. The lowest BCUT2D eigenvalue weighted by atomic mass is 10.1. The van der Waals surface area contributed by atoms with Gasteiger partial charge >= 0.3 is 12.0 Å². The third-order valence-electron chi connectivity index (χ3n) is 3.14. The number of ether oxygens (including phenoxy) is 2. The molecule has 0 saturated heterocycles. The molecule has 1 aromatic carbocycles. The molecule has 0 atom stereocenters. The number of hydrogen-bond donors (Lipinski definition) is 2. The van der Waals surface area contributed by atoms with Crippen LogP contribution >= 0.6 is 0 Å². The lowest BCUT2D eigenvalue weighted by molar-refractivity contribution is 0.0881. The summed E-state index contributed by atoms with van der Waals surface area (Å²) in [4.78, 5) is 22.9. The Hall–Kier alpha value is -2.96. The summed E-state index contributed by atoms with van der Waals surface area (Å²) in [6, 6.07) is 9.03. The second-order valence-electron chi connectivity index (χ2n) is 5.12. The summed E-state index contributed by atoms with van der Waals surface area (Å²) in [5.74, 6) is 0.732. The molecule has 0 aliphatic heterocycles. The fourth-order valence-electron chi connectivity index (χ4n) is 2.02. The van der Waals surface area contributed by atoms with Crippen LogP contribution in [-0.4, -0.2) is 18.6 Å². The maximum absolute atomic E-state index is 11.8. The van der Waals surface area contributed by atoms with E-state index in [1.165, 1.54) is 6.07 Å². The Labute approximate surface area is 139 Å². The first kappa shape index (κ1) is 17.4. The number of carbonyl (C=O) groups excluding carboxylic acids is 2. The van der Waals surface area contributed by atoms with Gasteiger partial charge in [0.05, 0.1) is 6.61 Å². The van der Waals surface area contributed by atoms with E-state index in [4.69, 9.17) is 9.15 Å². The number of carbonyl (C=O) groups is 2. The number of rotatable bonds is 5. The summed E-state index contributed by atoms with van der Waals surface area (Å²) in [7, 11) is 0. The van der Waals surface area contributed by atoms with Gasteiger partial charge in [-0.25, -0.2) is 10.2 Å². The van der Waals surface area contributed by atoms with E-state index in [1.807, 2.05) is 32.0 Å². The van der Waals surface area contributed by atoms with E-state index >= 15 is 0 Å². The average molecular weight is 332 g/mol. The van der Waals surface area contributed by atoms with Gasteiger partial charge in [-0.3, -0.25) is 10.2 Å². The smallest absolute Gasteiger partial charge is 0.426 e. The standard InChI is InChI=1S/C17H20N2O5/c1-4-22-17(21)19-18-16(20)15-8-6-13(24-15)10-23-14-7-5-11(2)9-12(14)3/h5-9H,4,10H2,1-3H3,(H,18,20)(H,19,21). The summed E-state index contributed by atoms with van der Waals surface area (Å²) in [5.41, 5.74) is 6.48. The molecule has 1 aromatic heterocycles. The molecule has 0 fully saturated rings. The van der Waals surface area contributed by atoms with E-state index in [1.54, 1.807) is 13.0 Å². The fourth-order valence-corrected chi connectivity index (χ4v) is 2.02. The van der Waals surface area contributed by atoms with Crippen LogP contribution < -0.4 is 15.6 Å². The molecule has 1 heterocycles. The van der Waals surface area contributed by atoms with E-state index in [9.17, 15) is 9.59 Å². The van der Waals surface area contributed by atoms with Crippen LogP contribution in [0.15, 0.2) is 34.7 Å². The van der Waals surface area contributed by atoms with E-state index < -0.39 is 12.0 Å². The van der Waals surface area contributed by atoms with Crippen LogP contribution in [-0.2, 0) is 11.3 Å². The van der Waals surface area contributed by atoms with Crippen molar-refractivity contribution in [3.63, 3.8) is 0 Å². The molecule has 0 spiro atoms. The molecule has 0 aliphatic carbocycles. The first-order valence-corrected chi connectivity index (χ1v) is 7.51. The largest absolute Gasteiger partial charge is 0.485 e. The molecular weight excluding hydrogens is 312 g/mol. The van der Waals surface area contributed by atoms with Crippen molar-refractivity contribution in [2.45, 2.75) is 27.4 Å². The highest BCUT2D eigenvalue weighted by Crippen LogP contribution is 2.20. The van der Waals surface area contributed by atoms with Crippen molar-refractivity contribution in [2.75, 3.05) is 6.61 Å². The van der Waals surface area contributed by atoms with Crippen molar-refractivity contribution in [3.8, 4) is 5.75 Å². The number of nitrogens with one attached hydrogen (secondary N) is 2. The van der Waals surface area contributed by atoms with Gasteiger partial charge in [-0.05, 0) is 44.5 Å². The highest BCUT2D eigenvalue weighted by atomic mass is 16.6. The number of aryl methyl sites for hydroxylation is 2. The molecule has 128 valence electrons. The van der Waals surface area contributed by atoms with Crippen molar-refractivity contribution in [1.82, 2.24) is 10.9 Å². The third kappa shape index (κ3) is 4.77. The zero-order valence-electron chi connectivity index (χ0n) is 13.8. The number of benzene rings is 1. The Balaban J connectivity index is 1.88. The molecule has 0 saturated carbocycles. The van der Waals surface area contributed by atoms with Crippen LogP contribution in [0.25, 0.3) is 0 Å². The van der Waals surface area contributed by atoms with E-state index in [2.05, 4.69) is 15.6 Å². The van der Waals surface area contributed by atoms with Gasteiger partial charge in [0.25, 0.3) is 0 Å². The van der Waals surface area contributed by atoms with Crippen molar-refractivity contribution in [1.29, 1.82) is 0 Å². The summed E-state index contributed by atoms with van der Waals surface area (Å²) >= 11 is 0. The highest BCUT2D eigenvalue weighted by Gasteiger charge is 2.13. The fraction of sp³-hybridized carbons (Fsp3) is 0.294. The Bertz CT molecular complexity index is 724. The second-order valence-corrected chi connectivity index (χ2v) is 5.12. The van der Waals surface area contributed by atoms with Crippen LogP contribution in [0.4, 0.5) is 4.79 Å². The van der Waals surface area contributed by atoms with Gasteiger partial charge in [0, 0.05) is 0 Å². The first-order valence-electron chi connectivity index (χ1n) is 7.51. The Morgan fingerprint density at radius 3 is 2.62 bits per heavy atom.